The molecule has 0 radical (unpaired) electrons. The van der Waals surface area contributed by atoms with E-state index in [2.05, 4.69) is 31.9 Å². The number of ether oxygens (including phenoxy) is 1. The molecule has 4 heteroatoms. The summed E-state index contributed by atoms with van der Waals surface area (Å²) < 4.78 is 4.98. The van der Waals surface area contributed by atoms with Gasteiger partial charge in [0, 0.05) is 25.7 Å². The van der Waals surface area contributed by atoms with Gasteiger partial charge in [-0.1, -0.05) is 18.6 Å². The molecule has 0 N–H and O–H groups in total. The minimum absolute atomic E-state index is 0.191. The van der Waals surface area contributed by atoms with E-state index in [0.29, 0.717) is 16.9 Å². The van der Waals surface area contributed by atoms with Crippen LogP contribution in [0.2, 0.25) is 0 Å². The molecule has 29 heavy (non-hydrogen) atoms. The molecule has 1 heterocycles. The lowest BCUT2D eigenvalue weighted by molar-refractivity contribution is -0.0433. The Balaban J connectivity index is 1.40. The average molecular weight is 401 g/mol. The number of likely N-dealkylation sites (tertiary alicyclic amines) is 1. The summed E-state index contributed by atoms with van der Waals surface area (Å²) in [6, 6.07) is 1.07. The molecule has 0 aromatic heterocycles. The highest BCUT2D eigenvalue weighted by atomic mass is 16.5. The number of methoxy groups -OCH3 is 1. The molecule has 0 aromatic carbocycles. The minimum Gasteiger partial charge on any atom is -0.453 e. The molecule has 1 unspecified atom stereocenters. The monoisotopic (exact) mass is 400 g/mol. The van der Waals surface area contributed by atoms with Crippen LogP contribution in [0.25, 0.3) is 0 Å². The van der Waals surface area contributed by atoms with E-state index in [4.69, 9.17) is 4.74 Å². The molecule has 162 valence electrons. The summed E-state index contributed by atoms with van der Waals surface area (Å²) in [6.45, 7) is 6.39. The highest BCUT2D eigenvalue weighted by molar-refractivity contribution is 5.67. The van der Waals surface area contributed by atoms with Crippen molar-refractivity contribution in [3.05, 3.63) is 11.6 Å². The number of carbonyl (C=O) groups is 1. The van der Waals surface area contributed by atoms with Crippen LogP contribution in [0.1, 0.15) is 65.2 Å². The fourth-order valence-electron chi connectivity index (χ4n) is 9.07. The molecule has 5 rings (SSSR count). The van der Waals surface area contributed by atoms with E-state index in [0.717, 1.165) is 42.6 Å². The smallest absolute Gasteiger partial charge is 0.409 e. The van der Waals surface area contributed by atoms with Crippen LogP contribution in [0.3, 0.4) is 0 Å². The molecule has 3 saturated carbocycles. The van der Waals surface area contributed by atoms with Crippen LogP contribution in [0.4, 0.5) is 4.79 Å². The van der Waals surface area contributed by atoms with Gasteiger partial charge >= 0.3 is 6.09 Å². The van der Waals surface area contributed by atoms with Gasteiger partial charge in [0.15, 0.2) is 0 Å². The van der Waals surface area contributed by atoms with Gasteiger partial charge in [0.1, 0.15) is 0 Å². The fourth-order valence-corrected chi connectivity index (χ4v) is 9.07. The zero-order chi connectivity index (χ0) is 20.6. The van der Waals surface area contributed by atoms with Crippen LogP contribution in [0, 0.1) is 34.5 Å². The second-order valence-electron chi connectivity index (χ2n) is 11.3. The van der Waals surface area contributed by atoms with E-state index in [9.17, 15) is 4.79 Å². The molecular weight excluding hydrogens is 360 g/mol. The van der Waals surface area contributed by atoms with Gasteiger partial charge in [-0.3, -0.25) is 0 Å². The second-order valence-corrected chi connectivity index (χ2v) is 11.3. The first-order chi connectivity index (χ1) is 13.8. The molecule has 5 aliphatic rings. The van der Waals surface area contributed by atoms with Gasteiger partial charge in [-0.05, 0) is 99.8 Å². The molecule has 4 fully saturated rings. The van der Waals surface area contributed by atoms with Crippen LogP contribution >= 0.6 is 0 Å². The number of hydrogen-bond donors (Lipinski definition) is 0. The number of allylic oxidation sites excluding steroid dienone is 1. The molecule has 1 amide bonds. The summed E-state index contributed by atoms with van der Waals surface area (Å²) in [7, 11) is 5.76. The van der Waals surface area contributed by atoms with Crippen molar-refractivity contribution in [1.82, 2.24) is 9.80 Å². The van der Waals surface area contributed by atoms with Crippen molar-refractivity contribution < 1.29 is 9.53 Å². The predicted octanol–water partition coefficient (Wildman–Crippen LogP) is 4.95. The summed E-state index contributed by atoms with van der Waals surface area (Å²) in [4.78, 5) is 16.5. The van der Waals surface area contributed by atoms with E-state index >= 15 is 0 Å². The van der Waals surface area contributed by atoms with Crippen molar-refractivity contribution >= 4 is 6.09 Å². The fraction of sp³-hybridized carbons (Fsp3) is 0.880. The summed E-state index contributed by atoms with van der Waals surface area (Å²) >= 11 is 0. The van der Waals surface area contributed by atoms with Crippen molar-refractivity contribution in [3.8, 4) is 0 Å². The Hall–Kier alpha value is -1.03. The number of nitrogens with zero attached hydrogens (tertiary/aromatic N) is 2. The van der Waals surface area contributed by atoms with Gasteiger partial charge in [-0.2, -0.15) is 0 Å². The van der Waals surface area contributed by atoms with Crippen LogP contribution in [0.15, 0.2) is 11.6 Å². The van der Waals surface area contributed by atoms with Crippen LogP contribution < -0.4 is 0 Å². The topological polar surface area (TPSA) is 32.8 Å². The van der Waals surface area contributed by atoms with Crippen molar-refractivity contribution in [1.29, 1.82) is 0 Å². The standard InChI is InChI=1S/C25H40N2O2/c1-16-20-8-9-22-19-7-6-17-14-18(27(4)23(28)29-5)10-12-24(17,2)21(19)11-13-25(20,22)15-26(16)3/h6,16,18-22H,7-15H2,1-5H3/t16-,18-,19+,20?,21-,22-,24-,25-/m0/s1. The molecular formula is C25H40N2O2. The number of hydrogen-bond acceptors (Lipinski definition) is 3. The Labute approximate surface area is 177 Å². The third-order valence-corrected chi connectivity index (χ3v) is 10.7. The van der Waals surface area contributed by atoms with E-state index in [1.807, 2.05) is 11.9 Å². The van der Waals surface area contributed by atoms with E-state index in [1.54, 1.807) is 5.57 Å². The van der Waals surface area contributed by atoms with Crippen LogP contribution in [-0.4, -0.2) is 55.7 Å². The molecule has 1 aliphatic heterocycles. The highest BCUT2D eigenvalue weighted by Crippen LogP contribution is 2.68. The SMILES string of the molecule is COC(=O)N(C)[C@H]1CC[C@@]2(C)C(=CC[C@H]3[C@@H]4CCC5[C@H](C)N(C)C[C@@]54CC[C@@H]32)C1. The van der Waals surface area contributed by atoms with Crippen LogP contribution in [0.5, 0.6) is 0 Å². The zero-order valence-corrected chi connectivity index (χ0v) is 19.1. The summed E-state index contributed by atoms with van der Waals surface area (Å²) in [5.74, 6) is 3.60. The summed E-state index contributed by atoms with van der Waals surface area (Å²) in [6.07, 6.45) is 12.9. The largest absolute Gasteiger partial charge is 0.453 e. The Bertz CT molecular complexity index is 720. The van der Waals surface area contributed by atoms with Crippen molar-refractivity contribution in [3.63, 3.8) is 0 Å². The quantitative estimate of drug-likeness (QED) is 0.584. The van der Waals surface area contributed by atoms with Crippen molar-refractivity contribution in [2.75, 3.05) is 27.7 Å². The lowest BCUT2D eigenvalue weighted by Gasteiger charge is -2.58. The number of amides is 1. The Morgan fingerprint density at radius 3 is 2.69 bits per heavy atom. The maximum absolute atomic E-state index is 12.0. The normalized spacial score (nSPS) is 48.8. The first-order valence-electron chi connectivity index (χ1n) is 12.0. The van der Waals surface area contributed by atoms with Gasteiger partial charge < -0.3 is 14.5 Å². The Kier molecular flexibility index (Phi) is 4.62. The third-order valence-electron chi connectivity index (χ3n) is 10.7. The van der Waals surface area contributed by atoms with Crippen LogP contribution in [-0.2, 0) is 4.74 Å². The van der Waals surface area contributed by atoms with Gasteiger partial charge in [0.25, 0.3) is 0 Å². The summed E-state index contributed by atoms with van der Waals surface area (Å²) in [5.41, 5.74) is 2.61. The van der Waals surface area contributed by atoms with Gasteiger partial charge in [-0.25, -0.2) is 4.79 Å². The average Bonchev–Trinajstić information content (AvgIpc) is 3.20. The first-order valence-corrected chi connectivity index (χ1v) is 12.0. The molecule has 0 aromatic rings. The van der Waals surface area contributed by atoms with E-state index in [-0.39, 0.29) is 6.09 Å². The number of fused-ring (bicyclic) bond motifs is 4. The highest BCUT2D eigenvalue weighted by Gasteiger charge is 2.64. The summed E-state index contributed by atoms with van der Waals surface area (Å²) in [5, 5.41) is 0. The molecule has 4 aliphatic carbocycles. The van der Waals surface area contributed by atoms with Crippen molar-refractivity contribution in [2.24, 2.45) is 34.5 Å². The predicted molar refractivity (Wildman–Crippen MR) is 116 cm³/mol. The molecule has 8 atom stereocenters. The lowest BCUT2D eigenvalue weighted by atomic mass is 9.47. The molecule has 1 spiro atoms. The minimum atomic E-state index is -0.191. The third kappa shape index (κ3) is 2.63. The van der Waals surface area contributed by atoms with Gasteiger partial charge in [0.05, 0.1) is 7.11 Å². The van der Waals surface area contributed by atoms with E-state index in [1.165, 1.54) is 52.2 Å². The molecule has 1 saturated heterocycles. The maximum Gasteiger partial charge on any atom is 0.409 e. The second kappa shape index (κ2) is 6.73. The van der Waals surface area contributed by atoms with Gasteiger partial charge in [-0.15, -0.1) is 0 Å². The van der Waals surface area contributed by atoms with E-state index < -0.39 is 0 Å². The molecule has 4 nitrogen and oxygen atoms in total. The Morgan fingerprint density at radius 2 is 1.93 bits per heavy atom. The first kappa shape index (κ1) is 19.9. The number of rotatable bonds is 1. The van der Waals surface area contributed by atoms with Gasteiger partial charge in [0.2, 0.25) is 0 Å². The Morgan fingerprint density at radius 1 is 1.17 bits per heavy atom. The number of carbonyl (C=O) groups excluding carboxylic acids is 1. The lowest BCUT2D eigenvalue weighted by Crippen LogP contribution is -2.53. The molecule has 0 bridgehead atoms. The zero-order valence-electron chi connectivity index (χ0n) is 19.1. The van der Waals surface area contributed by atoms with Crippen molar-refractivity contribution in [2.45, 2.75) is 77.3 Å². The maximum atomic E-state index is 12.0.